The lowest BCUT2D eigenvalue weighted by molar-refractivity contribution is 0.410. The third-order valence-corrected chi connectivity index (χ3v) is 6.05. The lowest BCUT2D eigenvalue weighted by Gasteiger charge is -2.15. The lowest BCUT2D eigenvalue weighted by Crippen LogP contribution is -2.19. The van der Waals surface area contributed by atoms with Crippen molar-refractivity contribution in [3.63, 3.8) is 0 Å². The molecule has 3 unspecified atom stereocenters. The molecule has 2 N–H and O–H groups in total. The first-order valence-corrected chi connectivity index (χ1v) is 9.34. The number of nitrogens with one attached hydrogen (secondary N) is 2. The Bertz CT molecular complexity index is 796. The minimum Gasteiger partial charge on any atom is -0.341 e. The SMILES string of the molecule is CS(=O)(=O)c1ccc2nc(C3NCC4CCCC43)[nH]c2c1. The van der Waals surface area contributed by atoms with Crippen LogP contribution in [0.25, 0.3) is 11.0 Å². The Morgan fingerprint density at radius 2 is 2.14 bits per heavy atom. The Labute approximate surface area is 124 Å². The van der Waals surface area contributed by atoms with Crippen molar-refractivity contribution < 1.29 is 8.42 Å². The molecule has 0 amide bonds. The molecular formula is C15H19N3O2S. The van der Waals surface area contributed by atoms with Crippen LogP contribution in [0.3, 0.4) is 0 Å². The van der Waals surface area contributed by atoms with Gasteiger partial charge in [0, 0.05) is 6.26 Å². The number of hydrogen-bond donors (Lipinski definition) is 2. The molecule has 6 heteroatoms. The van der Waals surface area contributed by atoms with Crippen LogP contribution >= 0.6 is 0 Å². The van der Waals surface area contributed by atoms with E-state index in [0.717, 1.165) is 29.3 Å². The van der Waals surface area contributed by atoms with Crippen molar-refractivity contribution in [3.8, 4) is 0 Å². The Hall–Kier alpha value is -1.40. The summed E-state index contributed by atoms with van der Waals surface area (Å²) >= 11 is 0. The van der Waals surface area contributed by atoms with Gasteiger partial charge in [0.05, 0.1) is 22.0 Å². The van der Waals surface area contributed by atoms with E-state index >= 15 is 0 Å². The summed E-state index contributed by atoms with van der Waals surface area (Å²) in [4.78, 5) is 8.33. The summed E-state index contributed by atoms with van der Waals surface area (Å²) in [5.41, 5.74) is 1.64. The van der Waals surface area contributed by atoms with Gasteiger partial charge in [-0.25, -0.2) is 13.4 Å². The predicted molar refractivity (Wildman–Crippen MR) is 80.8 cm³/mol. The van der Waals surface area contributed by atoms with E-state index in [1.165, 1.54) is 25.5 Å². The van der Waals surface area contributed by atoms with Crippen molar-refractivity contribution in [1.82, 2.24) is 15.3 Å². The van der Waals surface area contributed by atoms with E-state index in [4.69, 9.17) is 0 Å². The molecular weight excluding hydrogens is 286 g/mol. The first-order valence-electron chi connectivity index (χ1n) is 7.45. The second-order valence-electron chi connectivity index (χ2n) is 6.31. The number of sulfone groups is 1. The average molecular weight is 305 g/mol. The number of imidazole rings is 1. The molecule has 1 aliphatic heterocycles. The molecule has 2 aromatic rings. The Morgan fingerprint density at radius 3 is 2.95 bits per heavy atom. The average Bonchev–Trinajstić information content (AvgIpc) is 3.10. The number of H-pyrrole nitrogens is 1. The number of rotatable bonds is 2. The van der Waals surface area contributed by atoms with E-state index in [0.29, 0.717) is 10.8 Å². The molecule has 1 saturated carbocycles. The molecule has 2 heterocycles. The molecule has 112 valence electrons. The fourth-order valence-electron chi connectivity index (χ4n) is 3.87. The maximum absolute atomic E-state index is 11.6. The van der Waals surface area contributed by atoms with Crippen molar-refractivity contribution in [2.45, 2.75) is 30.2 Å². The zero-order valence-electron chi connectivity index (χ0n) is 12.0. The maximum Gasteiger partial charge on any atom is 0.175 e. The molecule has 4 rings (SSSR count). The van der Waals surface area contributed by atoms with Crippen LogP contribution in [0.2, 0.25) is 0 Å². The summed E-state index contributed by atoms with van der Waals surface area (Å²) in [6, 6.07) is 5.38. The van der Waals surface area contributed by atoms with Crippen LogP contribution in [-0.4, -0.2) is 31.2 Å². The van der Waals surface area contributed by atoms with E-state index < -0.39 is 9.84 Å². The van der Waals surface area contributed by atoms with Gasteiger partial charge in [0.15, 0.2) is 9.84 Å². The van der Waals surface area contributed by atoms with Crippen LogP contribution in [-0.2, 0) is 9.84 Å². The molecule has 1 aliphatic carbocycles. The van der Waals surface area contributed by atoms with Gasteiger partial charge in [-0.2, -0.15) is 0 Å². The Morgan fingerprint density at radius 1 is 1.29 bits per heavy atom. The molecule has 2 aliphatic rings. The number of hydrogen-bond acceptors (Lipinski definition) is 4. The molecule has 1 saturated heterocycles. The van der Waals surface area contributed by atoms with Gasteiger partial charge in [-0.1, -0.05) is 6.42 Å². The van der Waals surface area contributed by atoms with E-state index in [-0.39, 0.29) is 6.04 Å². The van der Waals surface area contributed by atoms with Gasteiger partial charge in [-0.05, 0) is 49.4 Å². The largest absolute Gasteiger partial charge is 0.341 e. The smallest absolute Gasteiger partial charge is 0.175 e. The van der Waals surface area contributed by atoms with Gasteiger partial charge in [0.2, 0.25) is 0 Å². The third kappa shape index (κ3) is 2.17. The first-order chi connectivity index (χ1) is 10.0. The number of fused-ring (bicyclic) bond motifs is 2. The monoisotopic (exact) mass is 305 g/mol. The lowest BCUT2D eigenvalue weighted by atomic mass is 9.94. The van der Waals surface area contributed by atoms with Gasteiger partial charge < -0.3 is 10.3 Å². The van der Waals surface area contributed by atoms with Crippen LogP contribution in [0.1, 0.15) is 31.1 Å². The van der Waals surface area contributed by atoms with Crippen molar-refractivity contribution in [2.24, 2.45) is 11.8 Å². The summed E-state index contributed by atoms with van der Waals surface area (Å²) in [6.45, 7) is 1.07. The minimum absolute atomic E-state index is 0.284. The zero-order valence-corrected chi connectivity index (χ0v) is 12.8. The summed E-state index contributed by atoms with van der Waals surface area (Å²) in [5.74, 6) is 2.39. The highest BCUT2D eigenvalue weighted by molar-refractivity contribution is 7.90. The van der Waals surface area contributed by atoms with Gasteiger partial charge >= 0.3 is 0 Å². The van der Waals surface area contributed by atoms with Crippen molar-refractivity contribution in [3.05, 3.63) is 24.0 Å². The van der Waals surface area contributed by atoms with Crippen molar-refractivity contribution in [1.29, 1.82) is 0 Å². The van der Waals surface area contributed by atoms with E-state index in [2.05, 4.69) is 15.3 Å². The zero-order chi connectivity index (χ0) is 14.6. The maximum atomic E-state index is 11.6. The van der Waals surface area contributed by atoms with Gasteiger partial charge in [-0.3, -0.25) is 0 Å². The van der Waals surface area contributed by atoms with Crippen molar-refractivity contribution in [2.75, 3.05) is 12.8 Å². The fourth-order valence-corrected chi connectivity index (χ4v) is 4.52. The highest BCUT2D eigenvalue weighted by Gasteiger charge is 2.40. The van der Waals surface area contributed by atoms with Crippen LogP contribution in [0, 0.1) is 11.8 Å². The second kappa shape index (κ2) is 4.55. The molecule has 0 spiro atoms. The van der Waals surface area contributed by atoms with Crippen LogP contribution in [0.4, 0.5) is 0 Å². The summed E-state index contributed by atoms with van der Waals surface area (Å²) in [5, 5.41) is 3.57. The molecule has 0 bridgehead atoms. The summed E-state index contributed by atoms with van der Waals surface area (Å²) in [7, 11) is -3.18. The van der Waals surface area contributed by atoms with Crippen LogP contribution in [0.5, 0.6) is 0 Å². The first kappa shape index (κ1) is 13.3. The predicted octanol–water partition coefficient (Wildman–Crippen LogP) is 2.03. The van der Waals surface area contributed by atoms with Gasteiger partial charge in [0.25, 0.3) is 0 Å². The summed E-state index contributed by atoms with van der Waals surface area (Å²) in [6.07, 6.45) is 5.11. The van der Waals surface area contributed by atoms with E-state index in [1.54, 1.807) is 18.2 Å². The van der Waals surface area contributed by atoms with E-state index in [1.807, 2.05) is 0 Å². The topological polar surface area (TPSA) is 74.8 Å². The third-order valence-electron chi connectivity index (χ3n) is 4.94. The van der Waals surface area contributed by atoms with Gasteiger partial charge in [0.1, 0.15) is 5.82 Å². The molecule has 3 atom stereocenters. The Balaban J connectivity index is 1.74. The number of nitrogens with zero attached hydrogens (tertiary/aromatic N) is 1. The normalized spacial score (nSPS) is 29.1. The molecule has 5 nitrogen and oxygen atoms in total. The second-order valence-corrected chi connectivity index (χ2v) is 8.33. The molecule has 21 heavy (non-hydrogen) atoms. The van der Waals surface area contributed by atoms with Crippen LogP contribution < -0.4 is 5.32 Å². The minimum atomic E-state index is -3.18. The van der Waals surface area contributed by atoms with Crippen molar-refractivity contribution >= 4 is 20.9 Å². The molecule has 1 aromatic carbocycles. The van der Waals surface area contributed by atoms with Gasteiger partial charge in [-0.15, -0.1) is 0 Å². The molecule has 0 radical (unpaired) electrons. The summed E-state index contributed by atoms with van der Waals surface area (Å²) < 4.78 is 23.3. The molecule has 2 fully saturated rings. The number of aromatic nitrogens is 2. The quantitative estimate of drug-likeness (QED) is 0.890. The Kier molecular flexibility index (Phi) is 2.87. The highest BCUT2D eigenvalue weighted by Crippen LogP contribution is 2.43. The molecule has 1 aromatic heterocycles. The fraction of sp³-hybridized carbons (Fsp3) is 0.533. The standard InChI is InChI=1S/C15H19N3O2S/c1-21(19,20)10-5-6-12-13(7-10)18-15(17-12)14-11-4-2-3-9(11)8-16-14/h5-7,9,11,14,16H,2-4,8H2,1H3,(H,17,18). The van der Waals surface area contributed by atoms with Crippen LogP contribution in [0.15, 0.2) is 23.1 Å². The van der Waals surface area contributed by atoms with E-state index in [9.17, 15) is 8.42 Å². The number of aromatic amines is 1. The highest BCUT2D eigenvalue weighted by atomic mass is 32.2. The number of benzene rings is 1.